The van der Waals surface area contributed by atoms with Gasteiger partial charge in [0, 0.05) is 6.54 Å². The molecule has 1 atom stereocenters. The van der Waals surface area contributed by atoms with E-state index in [0.717, 1.165) is 12.0 Å². The molecular formula is C13H16N4O2S. The minimum atomic E-state index is -0.568. The van der Waals surface area contributed by atoms with E-state index in [1.54, 1.807) is 0 Å². The molecule has 0 fully saturated rings. The second kappa shape index (κ2) is 6.42. The number of hydrogen-bond acceptors (Lipinski definition) is 4. The number of H-pyrrole nitrogens is 1. The summed E-state index contributed by atoms with van der Waals surface area (Å²) in [6.45, 7) is 2.52. The number of amides is 1. The number of hydrogen-bond donors (Lipinski definition) is 2. The zero-order valence-electron chi connectivity index (χ0n) is 11.1. The number of rotatable bonds is 6. The fourth-order valence-corrected chi connectivity index (χ4v) is 2.86. The Morgan fingerprint density at radius 3 is 2.75 bits per heavy atom. The average molecular weight is 292 g/mol. The molecule has 0 saturated carbocycles. The maximum absolute atomic E-state index is 11.7. The van der Waals surface area contributed by atoms with Crippen molar-refractivity contribution in [3.8, 4) is 0 Å². The van der Waals surface area contributed by atoms with E-state index in [9.17, 15) is 9.59 Å². The number of thioether (sulfide) groups is 1. The van der Waals surface area contributed by atoms with Crippen molar-refractivity contribution in [2.45, 2.75) is 30.3 Å². The molecule has 7 heteroatoms. The molecule has 20 heavy (non-hydrogen) atoms. The predicted octanol–water partition coefficient (Wildman–Crippen LogP) is 1.30. The molecule has 0 aliphatic rings. The Kier molecular flexibility index (Phi) is 4.62. The van der Waals surface area contributed by atoms with Crippen LogP contribution < -0.4 is 11.4 Å². The number of benzene rings is 1. The van der Waals surface area contributed by atoms with Gasteiger partial charge in [-0.05, 0) is 12.0 Å². The van der Waals surface area contributed by atoms with Crippen LogP contribution in [0.25, 0.3) is 0 Å². The summed E-state index contributed by atoms with van der Waals surface area (Å²) in [4.78, 5) is 23.3. The van der Waals surface area contributed by atoms with E-state index in [0.29, 0.717) is 11.7 Å². The SMILES string of the molecule is CCCn1c(SC(C(N)=O)c2ccccc2)n[nH]c1=O. The summed E-state index contributed by atoms with van der Waals surface area (Å²) in [5, 5.41) is 6.27. The molecule has 1 amide bonds. The lowest BCUT2D eigenvalue weighted by Gasteiger charge is -2.13. The second-order valence-electron chi connectivity index (χ2n) is 4.27. The standard InChI is InChI=1S/C13H16N4O2S/c1-2-8-17-12(19)15-16-13(17)20-10(11(14)18)9-6-4-3-5-7-9/h3-7,10H,2,8H2,1H3,(H2,14,18)(H,15,19). The minimum Gasteiger partial charge on any atom is -0.368 e. The van der Waals surface area contributed by atoms with Gasteiger partial charge in [-0.2, -0.15) is 0 Å². The molecule has 1 heterocycles. The third-order valence-corrected chi connectivity index (χ3v) is 4.02. The van der Waals surface area contributed by atoms with Crippen LogP contribution in [0.2, 0.25) is 0 Å². The predicted molar refractivity (Wildman–Crippen MR) is 77.4 cm³/mol. The first-order chi connectivity index (χ1) is 9.63. The van der Waals surface area contributed by atoms with Crippen LogP contribution in [0.5, 0.6) is 0 Å². The fraction of sp³-hybridized carbons (Fsp3) is 0.308. The van der Waals surface area contributed by atoms with Crippen molar-refractivity contribution in [3.63, 3.8) is 0 Å². The van der Waals surface area contributed by atoms with E-state index in [1.807, 2.05) is 37.3 Å². The topological polar surface area (TPSA) is 93.8 Å². The Labute approximate surface area is 120 Å². The Balaban J connectivity index is 2.30. The molecule has 2 aromatic rings. The van der Waals surface area contributed by atoms with Crippen molar-refractivity contribution in [2.24, 2.45) is 5.73 Å². The summed E-state index contributed by atoms with van der Waals surface area (Å²) >= 11 is 1.18. The number of aromatic amines is 1. The lowest BCUT2D eigenvalue weighted by molar-refractivity contribution is -0.117. The summed E-state index contributed by atoms with van der Waals surface area (Å²) in [5.74, 6) is -0.459. The smallest absolute Gasteiger partial charge is 0.343 e. The molecule has 1 aromatic heterocycles. The largest absolute Gasteiger partial charge is 0.368 e. The van der Waals surface area contributed by atoms with Crippen molar-refractivity contribution in [3.05, 3.63) is 46.4 Å². The minimum absolute atomic E-state index is 0.273. The number of nitrogens with two attached hydrogens (primary N) is 1. The van der Waals surface area contributed by atoms with Gasteiger partial charge in [0.1, 0.15) is 5.25 Å². The maximum atomic E-state index is 11.7. The van der Waals surface area contributed by atoms with Crippen molar-refractivity contribution in [2.75, 3.05) is 0 Å². The maximum Gasteiger partial charge on any atom is 0.343 e. The highest BCUT2D eigenvalue weighted by Crippen LogP contribution is 2.33. The van der Waals surface area contributed by atoms with Gasteiger partial charge in [-0.15, -0.1) is 5.10 Å². The Morgan fingerprint density at radius 1 is 1.45 bits per heavy atom. The van der Waals surface area contributed by atoms with Crippen LogP contribution in [-0.2, 0) is 11.3 Å². The molecule has 0 saturated heterocycles. The quantitative estimate of drug-likeness (QED) is 0.785. The number of carbonyl (C=O) groups excluding carboxylic acids is 1. The number of primary amides is 1. The monoisotopic (exact) mass is 292 g/mol. The molecule has 0 bridgehead atoms. The molecular weight excluding hydrogens is 276 g/mol. The first-order valence-electron chi connectivity index (χ1n) is 6.29. The van der Waals surface area contributed by atoms with Crippen molar-refractivity contribution in [1.82, 2.24) is 14.8 Å². The number of carbonyl (C=O) groups is 1. The van der Waals surface area contributed by atoms with Crippen LogP contribution in [0.4, 0.5) is 0 Å². The van der Waals surface area contributed by atoms with Gasteiger partial charge in [-0.1, -0.05) is 49.0 Å². The Hall–Kier alpha value is -2.02. The number of aromatic nitrogens is 3. The highest BCUT2D eigenvalue weighted by molar-refractivity contribution is 8.00. The van der Waals surface area contributed by atoms with Gasteiger partial charge in [-0.25, -0.2) is 9.89 Å². The summed E-state index contributed by atoms with van der Waals surface area (Å²) in [5.41, 5.74) is 5.98. The summed E-state index contributed by atoms with van der Waals surface area (Å²) in [6, 6.07) is 9.22. The number of nitrogens with zero attached hydrogens (tertiary/aromatic N) is 2. The average Bonchev–Trinajstić information content (AvgIpc) is 2.78. The Bertz CT molecular complexity index is 635. The van der Waals surface area contributed by atoms with Gasteiger partial charge in [-0.3, -0.25) is 9.36 Å². The third kappa shape index (κ3) is 3.11. The lowest BCUT2D eigenvalue weighted by Crippen LogP contribution is -2.21. The lowest BCUT2D eigenvalue weighted by atomic mass is 10.1. The van der Waals surface area contributed by atoms with Crippen LogP contribution in [0.1, 0.15) is 24.2 Å². The zero-order valence-corrected chi connectivity index (χ0v) is 11.9. The van der Waals surface area contributed by atoms with Gasteiger partial charge < -0.3 is 5.73 Å². The first kappa shape index (κ1) is 14.4. The van der Waals surface area contributed by atoms with Gasteiger partial charge in [0.15, 0.2) is 5.16 Å². The van der Waals surface area contributed by atoms with Crippen LogP contribution in [0.3, 0.4) is 0 Å². The molecule has 1 unspecified atom stereocenters. The van der Waals surface area contributed by atoms with E-state index in [2.05, 4.69) is 10.2 Å². The molecule has 0 spiro atoms. The molecule has 6 nitrogen and oxygen atoms in total. The van der Waals surface area contributed by atoms with Crippen molar-refractivity contribution in [1.29, 1.82) is 0 Å². The molecule has 106 valence electrons. The third-order valence-electron chi connectivity index (χ3n) is 2.75. The van der Waals surface area contributed by atoms with Gasteiger partial charge in [0.05, 0.1) is 0 Å². The van der Waals surface area contributed by atoms with Crippen LogP contribution in [0, 0.1) is 0 Å². The highest BCUT2D eigenvalue weighted by Gasteiger charge is 2.22. The first-order valence-corrected chi connectivity index (χ1v) is 7.17. The molecule has 1 aromatic carbocycles. The summed E-state index contributed by atoms with van der Waals surface area (Å²) in [7, 11) is 0. The van der Waals surface area contributed by atoms with Crippen molar-refractivity contribution >= 4 is 17.7 Å². The highest BCUT2D eigenvalue weighted by atomic mass is 32.2. The van der Waals surface area contributed by atoms with E-state index in [1.165, 1.54) is 16.3 Å². The van der Waals surface area contributed by atoms with Gasteiger partial charge in [0.2, 0.25) is 5.91 Å². The zero-order chi connectivity index (χ0) is 14.5. The van der Waals surface area contributed by atoms with Crippen molar-refractivity contribution < 1.29 is 4.79 Å². The fourth-order valence-electron chi connectivity index (χ4n) is 1.84. The Morgan fingerprint density at radius 2 is 2.15 bits per heavy atom. The van der Waals surface area contributed by atoms with E-state index in [-0.39, 0.29) is 5.69 Å². The van der Waals surface area contributed by atoms with Crippen LogP contribution in [-0.4, -0.2) is 20.7 Å². The molecule has 3 N–H and O–H groups in total. The summed E-state index contributed by atoms with van der Waals surface area (Å²) in [6.07, 6.45) is 0.805. The van der Waals surface area contributed by atoms with E-state index >= 15 is 0 Å². The molecule has 0 radical (unpaired) electrons. The van der Waals surface area contributed by atoms with Crippen LogP contribution >= 0.6 is 11.8 Å². The molecule has 2 rings (SSSR count). The van der Waals surface area contributed by atoms with Gasteiger partial charge >= 0.3 is 5.69 Å². The normalized spacial score (nSPS) is 12.2. The summed E-state index contributed by atoms with van der Waals surface area (Å²) < 4.78 is 1.52. The molecule has 0 aliphatic carbocycles. The second-order valence-corrected chi connectivity index (χ2v) is 5.35. The van der Waals surface area contributed by atoms with Gasteiger partial charge in [0.25, 0.3) is 0 Å². The van der Waals surface area contributed by atoms with E-state index < -0.39 is 11.2 Å². The van der Waals surface area contributed by atoms with Crippen LogP contribution in [0.15, 0.2) is 40.3 Å². The number of nitrogens with one attached hydrogen (secondary N) is 1. The molecule has 0 aliphatic heterocycles. The van der Waals surface area contributed by atoms with E-state index in [4.69, 9.17) is 5.73 Å².